The lowest BCUT2D eigenvalue weighted by molar-refractivity contribution is 0.0788. The van der Waals surface area contributed by atoms with Gasteiger partial charge in [-0.15, -0.1) is 0 Å². The summed E-state index contributed by atoms with van der Waals surface area (Å²) in [5, 5.41) is 0. The number of benzene rings is 1. The maximum Gasteiger partial charge on any atom is 0.265 e. The van der Waals surface area contributed by atoms with Gasteiger partial charge in [-0.3, -0.25) is 16.0 Å². The molecule has 0 aromatic heterocycles. The summed E-state index contributed by atoms with van der Waals surface area (Å²) in [6, 6.07) is 8.53. The maximum absolute atomic E-state index is 10.5. The van der Waals surface area contributed by atoms with Crippen molar-refractivity contribution in [1.82, 2.24) is 0 Å². The van der Waals surface area contributed by atoms with Gasteiger partial charge < -0.3 is 4.74 Å². The molecule has 0 atom stereocenters. The van der Waals surface area contributed by atoms with Crippen molar-refractivity contribution in [2.75, 3.05) is 5.75 Å². The third-order valence-electron chi connectivity index (χ3n) is 1.80. The Hall–Kier alpha value is -1.15. The first-order valence-corrected chi connectivity index (χ1v) is 6.16. The molecule has 16 heavy (non-hydrogen) atoms. The van der Waals surface area contributed by atoms with E-state index < -0.39 is 21.7 Å². The molecule has 0 saturated carbocycles. The van der Waals surface area contributed by atoms with E-state index in [0.29, 0.717) is 5.75 Å². The van der Waals surface area contributed by atoms with Crippen LogP contribution in [0.2, 0.25) is 0 Å². The third kappa shape index (κ3) is 5.08. The fourth-order valence-electron chi connectivity index (χ4n) is 1.05. The van der Waals surface area contributed by atoms with Gasteiger partial charge in [-0.2, -0.15) is 8.42 Å². The zero-order valence-corrected chi connectivity index (χ0v) is 9.35. The molecule has 1 aromatic rings. The van der Waals surface area contributed by atoms with Crippen molar-refractivity contribution in [3.05, 3.63) is 30.3 Å². The number of para-hydroxylation sites is 1. The van der Waals surface area contributed by atoms with Crippen molar-refractivity contribution in [3.63, 3.8) is 0 Å². The summed E-state index contributed by atoms with van der Waals surface area (Å²) in [5.74, 6) is -1.74. The van der Waals surface area contributed by atoms with Crippen LogP contribution in [0, 0.1) is 0 Å². The van der Waals surface area contributed by atoms with Gasteiger partial charge in [0, 0.05) is 6.42 Å². The molecule has 0 spiro atoms. The van der Waals surface area contributed by atoms with E-state index in [1.165, 1.54) is 0 Å². The highest BCUT2D eigenvalue weighted by molar-refractivity contribution is 7.85. The van der Waals surface area contributed by atoms with E-state index >= 15 is 0 Å². The molecule has 90 valence electrons. The molecule has 0 heterocycles. The SMILES string of the molecule is NC(N)(CCS(=O)(=O)O)Oc1ccccc1. The molecule has 0 fully saturated rings. The van der Waals surface area contributed by atoms with Gasteiger partial charge in [0.1, 0.15) is 5.75 Å². The topological polar surface area (TPSA) is 116 Å². The lowest BCUT2D eigenvalue weighted by atomic mass is 10.3. The number of nitrogens with two attached hydrogens (primary N) is 2. The van der Waals surface area contributed by atoms with E-state index in [1.54, 1.807) is 30.3 Å². The second kappa shape index (κ2) is 4.79. The largest absolute Gasteiger partial charge is 0.460 e. The molecule has 6 nitrogen and oxygen atoms in total. The molecule has 1 rings (SSSR count). The van der Waals surface area contributed by atoms with Crippen LogP contribution in [0.1, 0.15) is 6.42 Å². The highest BCUT2D eigenvalue weighted by atomic mass is 32.2. The van der Waals surface area contributed by atoms with E-state index in [9.17, 15) is 8.42 Å². The third-order valence-corrected chi connectivity index (χ3v) is 2.52. The number of hydrogen-bond acceptors (Lipinski definition) is 5. The van der Waals surface area contributed by atoms with Crippen LogP contribution in [0.4, 0.5) is 0 Å². The van der Waals surface area contributed by atoms with Gasteiger partial charge in [0.05, 0.1) is 5.75 Å². The predicted octanol–water partition coefficient (Wildman–Crippen LogP) is -0.0855. The molecule has 7 heteroatoms. The molecule has 0 aliphatic carbocycles. The Kier molecular flexibility index (Phi) is 3.87. The Bertz CT molecular complexity index is 430. The smallest absolute Gasteiger partial charge is 0.265 e. The van der Waals surface area contributed by atoms with Gasteiger partial charge in [-0.1, -0.05) is 18.2 Å². The number of rotatable bonds is 5. The van der Waals surface area contributed by atoms with E-state index in [2.05, 4.69) is 0 Å². The first kappa shape index (κ1) is 12.9. The molecule has 0 saturated heterocycles. The zero-order chi connectivity index (χ0) is 12.2. The van der Waals surface area contributed by atoms with Crippen LogP contribution in [-0.4, -0.2) is 24.6 Å². The first-order chi connectivity index (χ1) is 7.29. The summed E-state index contributed by atoms with van der Waals surface area (Å²) in [4.78, 5) is 0. The van der Waals surface area contributed by atoms with E-state index in [4.69, 9.17) is 20.8 Å². The van der Waals surface area contributed by atoms with Gasteiger partial charge in [-0.05, 0) is 12.1 Å². The maximum atomic E-state index is 10.5. The second-order valence-corrected chi connectivity index (χ2v) is 4.98. The van der Waals surface area contributed by atoms with Gasteiger partial charge in [-0.25, -0.2) is 0 Å². The van der Waals surface area contributed by atoms with Crippen molar-refractivity contribution >= 4 is 10.1 Å². The van der Waals surface area contributed by atoms with Crippen LogP contribution in [0.3, 0.4) is 0 Å². The Morgan fingerprint density at radius 2 is 1.81 bits per heavy atom. The molecule has 0 bridgehead atoms. The molecular formula is C9H14N2O4S. The molecule has 5 N–H and O–H groups in total. The summed E-state index contributed by atoms with van der Waals surface area (Å²) in [6.45, 7) is 0. The van der Waals surface area contributed by atoms with Crippen molar-refractivity contribution in [3.8, 4) is 5.75 Å². The molecule has 0 unspecified atom stereocenters. The monoisotopic (exact) mass is 246 g/mol. The summed E-state index contributed by atoms with van der Waals surface area (Å²) in [7, 11) is -4.09. The highest BCUT2D eigenvalue weighted by Gasteiger charge is 2.23. The molecule has 0 aliphatic rings. The average Bonchev–Trinajstić information content (AvgIpc) is 2.15. The van der Waals surface area contributed by atoms with Gasteiger partial charge in [0.2, 0.25) is 5.85 Å². The standard InChI is InChI=1S/C9H14N2O4S/c10-9(11,6-7-16(12,13)14)15-8-4-2-1-3-5-8/h1-5H,6-7,10-11H2,(H,12,13,14). The lowest BCUT2D eigenvalue weighted by Crippen LogP contribution is -2.55. The molecule has 0 aliphatic heterocycles. The molecule has 0 amide bonds. The van der Waals surface area contributed by atoms with Crippen LogP contribution in [0.25, 0.3) is 0 Å². The van der Waals surface area contributed by atoms with Crippen molar-refractivity contribution < 1.29 is 17.7 Å². The van der Waals surface area contributed by atoms with Gasteiger partial charge in [0.25, 0.3) is 10.1 Å². The van der Waals surface area contributed by atoms with Gasteiger partial charge >= 0.3 is 0 Å². The van der Waals surface area contributed by atoms with E-state index in [0.717, 1.165) is 0 Å². The quantitative estimate of drug-likeness (QED) is 0.494. The summed E-state index contributed by atoms with van der Waals surface area (Å²) in [5.41, 5.74) is 11.1. The number of hydrogen-bond donors (Lipinski definition) is 3. The highest BCUT2D eigenvalue weighted by Crippen LogP contribution is 2.14. The van der Waals surface area contributed by atoms with Crippen LogP contribution in [0.5, 0.6) is 5.75 Å². The average molecular weight is 246 g/mol. The Labute approximate surface area is 93.9 Å². The summed E-state index contributed by atoms with van der Waals surface area (Å²) in [6.07, 6.45) is -0.208. The Balaban J connectivity index is 2.59. The van der Waals surface area contributed by atoms with Crippen LogP contribution in [0.15, 0.2) is 30.3 Å². The van der Waals surface area contributed by atoms with E-state index in [1.807, 2.05) is 0 Å². The minimum absolute atomic E-state index is 0.208. The van der Waals surface area contributed by atoms with Crippen molar-refractivity contribution in [2.45, 2.75) is 12.3 Å². The van der Waals surface area contributed by atoms with Crippen LogP contribution < -0.4 is 16.2 Å². The molecule has 0 radical (unpaired) electrons. The minimum Gasteiger partial charge on any atom is -0.460 e. The van der Waals surface area contributed by atoms with E-state index in [-0.39, 0.29) is 6.42 Å². The fourth-order valence-corrected chi connectivity index (χ4v) is 1.62. The molecular weight excluding hydrogens is 232 g/mol. The van der Waals surface area contributed by atoms with Crippen molar-refractivity contribution in [2.24, 2.45) is 11.5 Å². The first-order valence-electron chi connectivity index (χ1n) is 4.55. The summed E-state index contributed by atoms with van der Waals surface area (Å²) >= 11 is 0. The predicted molar refractivity (Wildman–Crippen MR) is 59.2 cm³/mol. The Morgan fingerprint density at radius 3 is 2.31 bits per heavy atom. The second-order valence-electron chi connectivity index (χ2n) is 3.41. The number of ether oxygens (including phenoxy) is 1. The normalized spacial score (nSPS) is 12.4. The van der Waals surface area contributed by atoms with Gasteiger partial charge in [0.15, 0.2) is 0 Å². The van der Waals surface area contributed by atoms with Crippen molar-refractivity contribution in [1.29, 1.82) is 0 Å². The lowest BCUT2D eigenvalue weighted by Gasteiger charge is -2.25. The fraction of sp³-hybridized carbons (Fsp3) is 0.333. The Morgan fingerprint density at radius 1 is 1.25 bits per heavy atom. The molecule has 1 aromatic carbocycles. The summed E-state index contributed by atoms with van der Waals surface area (Å²) < 4.78 is 34.8. The van der Waals surface area contributed by atoms with Crippen LogP contribution >= 0.6 is 0 Å². The van der Waals surface area contributed by atoms with Crippen LogP contribution in [-0.2, 0) is 10.1 Å². The minimum atomic E-state index is -4.09. The zero-order valence-electron chi connectivity index (χ0n) is 8.54.